The van der Waals surface area contributed by atoms with Crippen LogP contribution in [0.5, 0.6) is 5.75 Å². The summed E-state index contributed by atoms with van der Waals surface area (Å²) >= 11 is 3.30. The first-order chi connectivity index (χ1) is 10.1. The summed E-state index contributed by atoms with van der Waals surface area (Å²) in [5.41, 5.74) is 6.80. The first-order valence-corrected chi connectivity index (χ1v) is 7.00. The van der Waals surface area contributed by atoms with Gasteiger partial charge in [0.05, 0.1) is 0 Å². The van der Waals surface area contributed by atoms with Gasteiger partial charge in [-0.2, -0.15) is 0 Å². The number of rotatable bonds is 5. The van der Waals surface area contributed by atoms with Gasteiger partial charge in [0, 0.05) is 16.5 Å². The Morgan fingerprint density at radius 3 is 2.62 bits per heavy atom. The zero-order chi connectivity index (χ0) is 15.2. The van der Waals surface area contributed by atoms with Crippen LogP contribution in [-0.4, -0.2) is 11.0 Å². The largest absolute Gasteiger partial charge is 0.489 e. The van der Waals surface area contributed by atoms with Gasteiger partial charge in [-0.25, -0.2) is 4.39 Å². The molecule has 4 nitrogen and oxygen atoms in total. The first kappa shape index (κ1) is 15.3. The van der Waals surface area contributed by atoms with Gasteiger partial charge in [0.2, 0.25) is 0 Å². The number of halogens is 2. The molecule has 0 bridgehead atoms. The molecule has 6 heteroatoms. The summed E-state index contributed by atoms with van der Waals surface area (Å²) in [5, 5.41) is 11.4. The molecule has 3 N–H and O–H groups in total. The Bertz CT molecular complexity index is 645. The second-order valence-corrected chi connectivity index (χ2v) is 5.35. The normalized spacial score (nSPS) is 11.4. The van der Waals surface area contributed by atoms with E-state index in [1.807, 2.05) is 12.1 Å². The van der Waals surface area contributed by atoms with Crippen LogP contribution in [-0.2, 0) is 13.0 Å². The Balaban J connectivity index is 1.99. The maximum absolute atomic E-state index is 13.6. The summed E-state index contributed by atoms with van der Waals surface area (Å²) in [7, 11) is 0. The van der Waals surface area contributed by atoms with Crippen LogP contribution in [0.3, 0.4) is 0 Å². The van der Waals surface area contributed by atoms with Gasteiger partial charge >= 0.3 is 0 Å². The van der Waals surface area contributed by atoms with Crippen LogP contribution in [0.15, 0.2) is 52.1 Å². The van der Waals surface area contributed by atoms with Crippen molar-refractivity contribution in [3.8, 4) is 5.75 Å². The van der Waals surface area contributed by atoms with Gasteiger partial charge in [-0.1, -0.05) is 33.2 Å². The summed E-state index contributed by atoms with van der Waals surface area (Å²) in [6.45, 7) is 0.144. The standard InChI is InChI=1S/C15H14BrFN2O2/c16-12-3-6-14(17)11(8-12)9-21-13-4-1-10(2-5-13)7-15(18)19-20/h1-6,8,20H,7,9H2,(H2,18,19). The van der Waals surface area contributed by atoms with Crippen LogP contribution in [0, 0.1) is 5.82 Å². The van der Waals surface area contributed by atoms with Crippen molar-refractivity contribution in [2.75, 3.05) is 0 Å². The fraction of sp³-hybridized carbons (Fsp3) is 0.133. The SMILES string of the molecule is N/C(Cc1ccc(OCc2cc(Br)ccc2F)cc1)=N\O. The quantitative estimate of drug-likeness (QED) is 0.374. The van der Waals surface area contributed by atoms with E-state index in [0.29, 0.717) is 17.7 Å². The van der Waals surface area contributed by atoms with E-state index in [-0.39, 0.29) is 18.3 Å². The number of benzene rings is 2. The average Bonchev–Trinajstić information content (AvgIpc) is 2.49. The maximum Gasteiger partial charge on any atom is 0.143 e. The third-order valence-corrected chi connectivity index (χ3v) is 3.33. The van der Waals surface area contributed by atoms with E-state index in [0.717, 1.165) is 10.0 Å². The fourth-order valence-corrected chi connectivity index (χ4v) is 2.17. The van der Waals surface area contributed by atoms with E-state index in [2.05, 4.69) is 21.1 Å². The van der Waals surface area contributed by atoms with Crippen LogP contribution < -0.4 is 10.5 Å². The van der Waals surface area contributed by atoms with E-state index in [4.69, 9.17) is 15.7 Å². The lowest BCUT2D eigenvalue weighted by Crippen LogP contribution is -2.14. The Labute approximate surface area is 130 Å². The van der Waals surface area contributed by atoms with Crippen LogP contribution >= 0.6 is 15.9 Å². The van der Waals surface area contributed by atoms with Crippen molar-refractivity contribution < 1.29 is 14.3 Å². The summed E-state index contributed by atoms with van der Waals surface area (Å²) in [6.07, 6.45) is 0.358. The van der Waals surface area contributed by atoms with Gasteiger partial charge in [-0.3, -0.25) is 0 Å². The second kappa shape index (κ2) is 7.08. The number of ether oxygens (including phenoxy) is 1. The van der Waals surface area contributed by atoms with E-state index in [1.54, 1.807) is 24.3 Å². The van der Waals surface area contributed by atoms with E-state index >= 15 is 0 Å². The van der Waals surface area contributed by atoms with Gasteiger partial charge in [0.1, 0.15) is 24.0 Å². The van der Waals surface area contributed by atoms with Gasteiger partial charge < -0.3 is 15.7 Å². The number of hydrogen-bond acceptors (Lipinski definition) is 3. The third kappa shape index (κ3) is 4.46. The molecule has 110 valence electrons. The first-order valence-electron chi connectivity index (χ1n) is 6.20. The Morgan fingerprint density at radius 1 is 1.24 bits per heavy atom. The van der Waals surface area contributed by atoms with Crippen molar-refractivity contribution in [2.24, 2.45) is 10.9 Å². The summed E-state index contributed by atoms with van der Waals surface area (Å²) < 4.78 is 19.9. The molecule has 21 heavy (non-hydrogen) atoms. The van der Waals surface area contributed by atoms with Gasteiger partial charge in [-0.15, -0.1) is 0 Å². The predicted octanol–water partition coefficient (Wildman–Crippen LogP) is 3.46. The highest BCUT2D eigenvalue weighted by Crippen LogP contribution is 2.19. The molecule has 0 atom stereocenters. The molecule has 2 rings (SSSR count). The molecule has 0 saturated heterocycles. The van der Waals surface area contributed by atoms with Crippen LogP contribution in [0.4, 0.5) is 4.39 Å². The number of amidine groups is 1. The smallest absolute Gasteiger partial charge is 0.143 e. The highest BCUT2D eigenvalue weighted by atomic mass is 79.9. The molecule has 2 aromatic carbocycles. The van der Waals surface area contributed by atoms with Crippen molar-refractivity contribution in [3.63, 3.8) is 0 Å². The molecule has 0 heterocycles. The molecule has 0 radical (unpaired) electrons. The second-order valence-electron chi connectivity index (χ2n) is 4.44. The zero-order valence-corrected chi connectivity index (χ0v) is 12.7. The Morgan fingerprint density at radius 2 is 1.95 bits per heavy atom. The van der Waals surface area contributed by atoms with Crippen molar-refractivity contribution >= 4 is 21.8 Å². The maximum atomic E-state index is 13.6. The molecule has 0 fully saturated rings. The van der Waals surface area contributed by atoms with Crippen LogP contribution in [0.25, 0.3) is 0 Å². The molecule has 0 amide bonds. The van der Waals surface area contributed by atoms with Crippen LogP contribution in [0.2, 0.25) is 0 Å². The highest BCUT2D eigenvalue weighted by Gasteiger charge is 2.04. The molecule has 0 unspecified atom stereocenters. The third-order valence-electron chi connectivity index (χ3n) is 2.84. The van der Waals surface area contributed by atoms with Gasteiger partial charge in [0.25, 0.3) is 0 Å². The monoisotopic (exact) mass is 352 g/mol. The molecular formula is C15H14BrFN2O2. The lowest BCUT2D eigenvalue weighted by molar-refractivity contribution is 0.299. The summed E-state index contributed by atoms with van der Waals surface area (Å²) in [4.78, 5) is 0. The minimum absolute atomic E-state index is 0.139. The van der Waals surface area contributed by atoms with Crippen LogP contribution in [0.1, 0.15) is 11.1 Å². The predicted molar refractivity (Wildman–Crippen MR) is 82.0 cm³/mol. The van der Waals surface area contributed by atoms with Crippen molar-refractivity contribution in [1.29, 1.82) is 0 Å². The molecule has 2 aromatic rings. The topological polar surface area (TPSA) is 67.8 Å². The van der Waals surface area contributed by atoms with Crippen molar-refractivity contribution in [3.05, 3.63) is 63.9 Å². The molecule has 0 spiro atoms. The number of nitrogens with zero attached hydrogens (tertiary/aromatic N) is 1. The lowest BCUT2D eigenvalue weighted by atomic mass is 10.1. The van der Waals surface area contributed by atoms with Gasteiger partial charge in [-0.05, 0) is 35.9 Å². The lowest BCUT2D eigenvalue weighted by Gasteiger charge is -2.08. The molecule has 0 aromatic heterocycles. The summed E-state index contributed by atoms with van der Waals surface area (Å²) in [6, 6.07) is 11.9. The fourth-order valence-electron chi connectivity index (χ4n) is 1.76. The summed E-state index contributed by atoms with van der Waals surface area (Å²) in [5.74, 6) is 0.458. The molecule has 0 saturated carbocycles. The van der Waals surface area contributed by atoms with E-state index in [1.165, 1.54) is 6.07 Å². The number of hydrogen-bond donors (Lipinski definition) is 2. The van der Waals surface area contributed by atoms with E-state index < -0.39 is 0 Å². The average molecular weight is 353 g/mol. The van der Waals surface area contributed by atoms with E-state index in [9.17, 15) is 4.39 Å². The zero-order valence-electron chi connectivity index (χ0n) is 11.1. The van der Waals surface area contributed by atoms with Crippen molar-refractivity contribution in [2.45, 2.75) is 13.0 Å². The molecule has 0 aliphatic heterocycles. The molecule has 0 aliphatic rings. The van der Waals surface area contributed by atoms with Gasteiger partial charge in [0.15, 0.2) is 0 Å². The minimum atomic E-state index is -0.304. The molecular weight excluding hydrogens is 339 g/mol. The Kier molecular flexibility index (Phi) is 5.16. The Hall–Kier alpha value is -2.08. The molecule has 0 aliphatic carbocycles. The highest BCUT2D eigenvalue weighted by molar-refractivity contribution is 9.10. The number of nitrogens with two attached hydrogens (primary N) is 1. The number of oxime groups is 1. The minimum Gasteiger partial charge on any atom is -0.489 e. The van der Waals surface area contributed by atoms with Crippen molar-refractivity contribution in [1.82, 2.24) is 0 Å².